The molecule has 3 aromatic rings. The Morgan fingerprint density at radius 2 is 1.71 bits per heavy atom. The van der Waals surface area contributed by atoms with Crippen molar-refractivity contribution in [1.82, 2.24) is 9.88 Å². The van der Waals surface area contributed by atoms with Crippen molar-refractivity contribution in [2.45, 2.75) is 19.5 Å². The number of nitrogens with zero attached hydrogens (tertiary/aromatic N) is 2. The van der Waals surface area contributed by atoms with Gasteiger partial charge >= 0.3 is 5.97 Å². The summed E-state index contributed by atoms with van der Waals surface area (Å²) in [6.07, 6.45) is 0. The van der Waals surface area contributed by atoms with Gasteiger partial charge < -0.3 is 14.4 Å². The van der Waals surface area contributed by atoms with Crippen molar-refractivity contribution in [2.24, 2.45) is 0 Å². The minimum absolute atomic E-state index is 0.210. The van der Waals surface area contributed by atoms with Crippen molar-refractivity contribution >= 4 is 22.6 Å². The number of hydrogen-bond acceptors (Lipinski definition) is 5. The number of carbonyl (C=O) groups excluding carboxylic acids is 2. The largest absolute Gasteiger partial charge is 0.481 e. The molecule has 1 atom stereocenters. The summed E-state index contributed by atoms with van der Waals surface area (Å²) < 4.78 is 10.2. The average molecular weight is 378 g/mol. The molecule has 28 heavy (non-hydrogen) atoms. The topological polar surface area (TPSA) is 68.7 Å². The summed E-state index contributed by atoms with van der Waals surface area (Å²) in [5.74, 6) is -0.491. The summed E-state index contributed by atoms with van der Waals surface area (Å²) in [5.41, 5.74) is 1.11. The van der Waals surface area contributed by atoms with E-state index in [0.717, 1.165) is 16.3 Å². The van der Waals surface area contributed by atoms with Crippen LogP contribution < -0.4 is 4.74 Å². The molecule has 3 rings (SSSR count). The van der Waals surface area contributed by atoms with E-state index in [1.54, 1.807) is 13.0 Å². The highest BCUT2D eigenvalue weighted by Gasteiger charge is 2.29. The molecule has 0 aliphatic rings. The van der Waals surface area contributed by atoms with Crippen molar-refractivity contribution in [2.75, 3.05) is 14.2 Å². The van der Waals surface area contributed by atoms with Gasteiger partial charge in [0.15, 0.2) is 0 Å². The van der Waals surface area contributed by atoms with Gasteiger partial charge in [-0.15, -0.1) is 0 Å². The molecule has 0 saturated carbocycles. The van der Waals surface area contributed by atoms with Crippen LogP contribution in [0.2, 0.25) is 0 Å². The lowest BCUT2D eigenvalue weighted by Gasteiger charge is -2.27. The van der Waals surface area contributed by atoms with E-state index in [0.29, 0.717) is 5.88 Å². The molecule has 2 aromatic carbocycles. The van der Waals surface area contributed by atoms with Gasteiger partial charge in [-0.1, -0.05) is 48.5 Å². The van der Waals surface area contributed by atoms with E-state index in [1.165, 1.54) is 19.1 Å². The number of aromatic nitrogens is 1. The molecule has 0 unspecified atom stereocenters. The molecule has 0 bridgehead atoms. The van der Waals surface area contributed by atoms with Crippen LogP contribution >= 0.6 is 0 Å². The first-order chi connectivity index (χ1) is 13.5. The number of rotatable bonds is 6. The van der Waals surface area contributed by atoms with Crippen LogP contribution in [0.1, 0.15) is 23.0 Å². The quantitative estimate of drug-likeness (QED) is 0.615. The summed E-state index contributed by atoms with van der Waals surface area (Å²) in [4.78, 5) is 31.3. The Morgan fingerprint density at radius 1 is 1.04 bits per heavy atom. The fourth-order valence-electron chi connectivity index (χ4n) is 3.04. The van der Waals surface area contributed by atoms with Gasteiger partial charge in [0.1, 0.15) is 11.7 Å². The lowest BCUT2D eigenvalue weighted by Crippen LogP contribution is -2.43. The Balaban J connectivity index is 2.03. The molecule has 0 aliphatic carbocycles. The molecule has 0 fully saturated rings. The Hall–Kier alpha value is -3.41. The van der Waals surface area contributed by atoms with E-state index in [1.807, 2.05) is 54.6 Å². The lowest BCUT2D eigenvalue weighted by atomic mass is 10.1. The van der Waals surface area contributed by atoms with Gasteiger partial charge in [0.25, 0.3) is 5.91 Å². The number of hydrogen-bond donors (Lipinski definition) is 0. The van der Waals surface area contributed by atoms with Crippen LogP contribution in [0.4, 0.5) is 0 Å². The first kappa shape index (κ1) is 19.4. The van der Waals surface area contributed by atoms with E-state index < -0.39 is 12.0 Å². The van der Waals surface area contributed by atoms with Crippen molar-refractivity contribution < 1.29 is 19.1 Å². The highest BCUT2D eigenvalue weighted by atomic mass is 16.5. The third-order valence-corrected chi connectivity index (χ3v) is 4.58. The average Bonchev–Trinajstić information content (AvgIpc) is 2.75. The van der Waals surface area contributed by atoms with E-state index in [2.05, 4.69) is 4.98 Å². The van der Waals surface area contributed by atoms with Crippen LogP contribution in [0.25, 0.3) is 10.8 Å². The van der Waals surface area contributed by atoms with Gasteiger partial charge in [-0.05, 0) is 30.0 Å². The molecule has 0 N–H and O–H groups in total. The molecule has 1 heterocycles. The number of methoxy groups -OCH3 is 2. The summed E-state index contributed by atoms with van der Waals surface area (Å²) in [6.45, 7) is 1.90. The van der Waals surface area contributed by atoms with Crippen molar-refractivity contribution in [3.05, 3.63) is 71.9 Å². The first-order valence-corrected chi connectivity index (χ1v) is 8.91. The van der Waals surface area contributed by atoms with Crippen LogP contribution in [0.5, 0.6) is 5.88 Å². The van der Waals surface area contributed by atoms with Gasteiger partial charge in [-0.3, -0.25) is 4.79 Å². The number of benzene rings is 2. The molecule has 0 radical (unpaired) electrons. The number of esters is 1. The van der Waals surface area contributed by atoms with Crippen LogP contribution in [0.15, 0.2) is 60.7 Å². The summed E-state index contributed by atoms with van der Waals surface area (Å²) in [6, 6.07) is 18.0. The molecule has 0 saturated heterocycles. The maximum atomic E-state index is 13.3. The molecule has 1 amide bonds. The second kappa shape index (κ2) is 8.52. The third-order valence-electron chi connectivity index (χ3n) is 4.58. The monoisotopic (exact) mass is 378 g/mol. The Labute approximate surface area is 163 Å². The fourth-order valence-corrected chi connectivity index (χ4v) is 3.04. The first-order valence-electron chi connectivity index (χ1n) is 8.91. The highest BCUT2D eigenvalue weighted by molar-refractivity contribution is 5.99. The second-order valence-corrected chi connectivity index (χ2v) is 6.36. The van der Waals surface area contributed by atoms with Gasteiger partial charge in [0.2, 0.25) is 5.88 Å². The molecule has 144 valence electrons. The van der Waals surface area contributed by atoms with E-state index in [4.69, 9.17) is 9.47 Å². The SMILES string of the molecule is COC(=O)[C@H](C)N(Cc1ccccc1)C(=O)c1cc2ccccc2c(OC)n1. The predicted molar refractivity (Wildman–Crippen MR) is 106 cm³/mol. The Morgan fingerprint density at radius 3 is 2.39 bits per heavy atom. The minimum Gasteiger partial charge on any atom is -0.481 e. The summed E-state index contributed by atoms with van der Waals surface area (Å²) in [7, 11) is 2.82. The maximum absolute atomic E-state index is 13.3. The highest BCUT2D eigenvalue weighted by Crippen LogP contribution is 2.25. The molecule has 0 spiro atoms. The zero-order valence-corrected chi connectivity index (χ0v) is 16.1. The van der Waals surface area contributed by atoms with Crippen molar-refractivity contribution in [3.8, 4) is 5.88 Å². The van der Waals surface area contributed by atoms with E-state index in [-0.39, 0.29) is 18.1 Å². The predicted octanol–water partition coefficient (Wildman–Crippen LogP) is 3.45. The van der Waals surface area contributed by atoms with E-state index >= 15 is 0 Å². The summed E-state index contributed by atoms with van der Waals surface area (Å²) >= 11 is 0. The molecule has 1 aromatic heterocycles. The van der Waals surface area contributed by atoms with Gasteiger partial charge in [-0.25, -0.2) is 9.78 Å². The summed E-state index contributed by atoms with van der Waals surface area (Å²) in [5, 5.41) is 1.65. The number of pyridine rings is 1. The number of amides is 1. The zero-order valence-electron chi connectivity index (χ0n) is 16.1. The van der Waals surface area contributed by atoms with Gasteiger partial charge in [0.05, 0.1) is 14.2 Å². The van der Waals surface area contributed by atoms with Gasteiger partial charge in [0, 0.05) is 11.9 Å². The van der Waals surface area contributed by atoms with Gasteiger partial charge in [-0.2, -0.15) is 0 Å². The van der Waals surface area contributed by atoms with Crippen molar-refractivity contribution in [1.29, 1.82) is 0 Å². The zero-order chi connectivity index (χ0) is 20.1. The van der Waals surface area contributed by atoms with Crippen LogP contribution in [-0.4, -0.2) is 42.0 Å². The number of fused-ring (bicyclic) bond motifs is 1. The van der Waals surface area contributed by atoms with Crippen LogP contribution in [0.3, 0.4) is 0 Å². The standard InChI is InChI=1S/C22H22N2O4/c1-15(22(26)28-3)24(14-16-9-5-4-6-10-16)21(25)19-13-17-11-7-8-12-18(17)20(23-19)27-2/h4-13,15H,14H2,1-3H3/t15-/m0/s1. The smallest absolute Gasteiger partial charge is 0.328 e. The second-order valence-electron chi connectivity index (χ2n) is 6.36. The molecular formula is C22H22N2O4. The number of ether oxygens (including phenoxy) is 2. The lowest BCUT2D eigenvalue weighted by molar-refractivity contribution is -0.145. The normalized spacial score (nSPS) is 11.7. The third kappa shape index (κ3) is 3.96. The Bertz CT molecular complexity index is 988. The molecule has 6 heteroatoms. The molecule has 0 aliphatic heterocycles. The van der Waals surface area contributed by atoms with Crippen molar-refractivity contribution in [3.63, 3.8) is 0 Å². The number of carbonyl (C=O) groups is 2. The Kier molecular flexibility index (Phi) is 5.89. The molecular weight excluding hydrogens is 356 g/mol. The minimum atomic E-state index is -0.767. The van der Waals surface area contributed by atoms with E-state index in [9.17, 15) is 9.59 Å². The van der Waals surface area contributed by atoms with Crippen LogP contribution in [-0.2, 0) is 16.1 Å². The molecule has 6 nitrogen and oxygen atoms in total. The fraction of sp³-hybridized carbons (Fsp3) is 0.227. The maximum Gasteiger partial charge on any atom is 0.328 e. The van der Waals surface area contributed by atoms with Crippen LogP contribution in [0, 0.1) is 0 Å².